The first-order valence-corrected chi connectivity index (χ1v) is 5.28. The highest BCUT2D eigenvalue weighted by Crippen LogP contribution is 2.15. The zero-order valence-electron chi connectivity index (χ0n) is 6.33. The molecule has 11 heavy (non-hydrogen) atoms. The third-order valence-corrected chi connectivity index (χ3v) is 3.08. The van der Waals surface area contributed by atoms with Crippen molar-refractivity contribution >= 4 is 23.1 Å². The van der Waals surface area contributed by atoms with E-state index < -0.39 is 0 Å². The van der Waals surface area contributed by atoms with Crippen molar-refractivity contribution in [2.75, 3.05) is 5.75 Å². The molecule has 3 heteroatoms. The van der Waals surface area contributed by atoms with Gasteiger partial charge in [0.1, 0.15) is 5.01 Å². The molecule has 0 saturated carbocycles. The Kier molecular flexibility index (Phi) is 3.47. The van der Waals surface area contributed by atoms with Crippen LogP contribution in [0.15, 0.2) is 5.38 Å². The highest BCUT2D eigenvalue weighted by Gasteiger charge is 1.96. The first-order chi connectivity index (χ1) is 5.33. The molecule has 1 heterocycles. The summed E-state index contributed by atoms with van der Waals surface area (Å²) in [7, 11) is 0. The van der Waals surface area contributed by atoms with Crippen LogP contribution in [0, 0.1) is 19.3 Å². The lowest BCUT2D eigenvalue weighted by atomic mass is 10.6. The largest absolute Gasteiger partial charge is 0.246 e. The summed E-state index contributed by atoms with van der Waals surface area (Å²) >= 11 is 3.43. The van der Waals surface area contributed by atoms with Crippen molar-refractivity contribution in [2.45, 2.75) is 12.7 Å². The first-order valence-electron chi connectivity index (χ1n) is 3.25. The quantitative estimate of drug-likeness (QED) is 0.527. The molecule has 0 radical (unpaired) electrons. The molecule has 0 aliphatic heterocycles. The van der Waals surface area contributed by atoms with Gasteiger partial charge in [-0.05, 0) is 6.92 Å². The smallest absolute Gasteiger partial charge is 0.103 e. The van der Waals surface area contributed by atoms with Gasteiger partial charge in [0.2, 0.25) is 0 Å². The molecule has 0 fully saturated rings. The van der Waals surface area contributed by atoms with Gasteiger partial charge in [0, 0.05) is 16.8 Å². The molecule has 0 spiro atoms. The number of hydrogen-bond acceptors (Lipinski definition) is 3. The molecule has 0 aromatic carbocycles. The molecule has 0 N–H and O–H groups in total. The monoisotopic (exact) mass is 183 g/mol. The number of terminal acetylenes is 1. The molecule has 1 rings (SSSR count). The maximum atomic E-state index is 5.11. The standard InChI is InChI=1S/C8H9NS2/c1-3-4-10-6-8-9-7(2)5-11-8/h1,5H,4,6H2,2H3. The molecular weight excluding hydrogens is 174 g/mol. The Hall–Kier alpha value is -0.460. The van der Waals surface area contributed by atoms with Crippen LogP contribution < -0.4 is 0 Å². The molecule has 0 aliphatic rings. The third kappa shape index (κ3) is 2.96. The number of hydrogen-bond donors (Lipinski definition) is 0. The molecule has 1 aromatic rings. The summed E-state index contributed by atoms with van der Waals surface area (Å²) in [5.41, 5.74) is 1.10. The Morgan fingerprint density at radius 3 is 3.18 bits per heavy atom. The van der Waals surface area contributed by atoms with Crippen LogP contribution in [0.25, 0.3) is 0 Å². The summed E-state index contributed by atoms with van der Waals surface area (Å²) in [4.78, 5) is 4.31. The predicted molar refractivity (Wildman–Crippen MR) is 51.8 cm³/mol. The van der Waals surface area contributed by atoms with E-state index in [2.05, 4.69) is 16.3 Å². The average Bonchev–Trinajstić information content (AvgIpc) is 2.37. The van der Waals surface area contributed by atoms with Crippen molar-refractivity contribution in [3.05, 3.63) is 16.1 Å². The minimum absolute atomic E-state index is 0.776. The lowest BCUT2D eigenvalue weighted by molar-refractivity contribution is 1.19. The minimum Gasteiger partial charge on any atom is -0.246 e. The van der Waals surface area contributed by atoms with E-state index in [1.54, 1.807) is 23.1 Å². The van der Waals surface area contributed by atoms with Crippen molar-refractivity contribution in [3.63, 3.8) is 0 Å². The minimum atomic E-state index is 0.776. The maximum Gasteiger partial charge on any atom is 0.103 e. The second-order valence-electron chi connectivity index (χ2n) is 2.08. The highest BCUT2D eigenvalue weighted by atomic mass is 32.2. The van der Waals surface area contributed by atoms with Crippen LogP contribution in [-0.4, -0.2) is 10.7 Å². The molecule has 1 nitrogen and oxygen atoms in total. The number of aromatic nitrogens is 1. The summed E-state index contributed by atoms with van der Waals surface area (Å²) in [6, 6.07) is 0. The van der Waals surface area contributed by atoms with E-state index in [1.807, 2.05) is 6.92 Å². The Morgan fingerprint density at radius 1 is 1.82 bits per heavy atom. The first kappa shape index (κ1) is 8.63. The normalized spacial score (nSPS) is 9.45. The van der Waals surface area contributed by atoms with E-state index in [1.165, 1.54) is 5.01 Å². The van der Waals surface area contributed by atoms with Crippen molar-refractivity contribution in [3.8, 4) is 12.3 Å². The Labute approximate surface area is 75.2 Å². The summed E-state index contributed by atoms with van der Waals surface area (Å²) in [6.07, 6.45) is 5.11. The van der Waals surface area contributed by atoms with E-state index in [0.717, 1.165) is 17.2 Å². The summed E-state index contributed by atoms with van der Waals surface area (Å²) in [5.74, 6) is 4.31. The molecule has 0 unspecified atom stereocenters. The lowest BCUT2D eigenvalue weighted by Crippen LogP contribution is -1.79. The molecule has 0 saturated heterocycles. The lowest BCUT2D eigenvalue weighted by Gasteiger charge is -1.90. The topological polar surface area (TPSA) is 12.9 Å². The van der Waals surface area contributed by atoms with Crippen LogP contribution >= 0.6 is 23.1 Å². The van der Waals surface area contributed by atoms with E-state index >= 15 is 0 Å². The van der Waals surface area contributed by atoms with Crippen molar-refractivity contribution < 1.29 is 0 Å². The van der Waals surface area contributed by atoms with Crippen LogP contribution in [-0.2, 0) is 5.75 Å². The van der Waals surface area contributed by atoms with E-state index in [9.17, 15) is 0 Å². The molecule has 1 aromatic heterocycles. The zero-order chi connectivity index (χ0) is 8.10. The van der Waals surface area contributed by atoms with Gasteiger partial charge in [-0.1, -0.05) is 5.92 Å². The third-order valence-electron chi connectivity index (χ3n) is 1.08. The summed E-state index contributed by atoms with van der Waals surface area (Å²) in [5, 5.41) is 3.23. The molecule has 0 bridgehead atoms. The molecular formula is C8H9NS2. The second kappa shape index (κ2) is 4.42. The van der Waals surface area contributed by atoms with Crippen LogP contribution in [0.1, 0.15) is 10.7 Å². The van der Waals surface area contributed by atoms with Crippen LogP contribution in [0.3, 0.4) is 0 Å². The van der Waals surface area contributed by atoms with Crippen LogP contribution in [0.5, 0.6) is 0 Å². The zero-order valence-corrected chi connectivity index (χ0v) is 7.97. The highest BCUT2D eigenvalue weighted by molar-refractivity contribution is 7.98. The van der Waals surface area contributed by atoms with Gasteiger partial charge in [-0.25, -0.2) is 4.98 Å². The maximum absolute atomic E-state index is 5.11. The Bertz CT molecular complexity index is 259. The van der Waals surface area contributed by atoms with E-state index in [-0.39, 0.29) is 0 Å². The molecule has 0 amide bonds. The van der Waals surface area contributed by atoms with Crippen molar-refractivity contribution in [2.24, 2.45) is 0 Å². The van der Waals surface area contributed by atoms with Crippen molar-refractivity contribution in [1.29, 1.82) is 0 Å². The summed E-state index contributed by atoms with van der Waals surface area (Å²) < 4.78 is 0. The van der Waals surface area contributed by atoms with Crippen LogP contribution in [0.4, 0.5) is 0 Å². The van der Waals surface area contributed by atoms with Gasteiger partial charge in [0.15, 0.2) is 0 Å². The SMILES string of the molecule is C#CCSCc1nc(C)cs1. The second-order valence-corrected chi connectivity index (χ2v) is 4.01. The number of aryl methyl sites for hydroxylation is 1. The number of rotatable bonds is 3. The summed E-state index contributed by atoms with van der Waals surface area (Å²) in [6.45, 7) is 2.01. The van der Waals surface area contributed by atoms with Crippen LogP contribution in [0.2, 0.25) is 0 Å². The van der Waals surface area contributed by atoms with Gasteiger partial charge in [-0.2, -0.15) is 0 Å². The van der Waals surface area contributed by atoms with E-state index in [4.69, 9.17) is 6.42 Å². The van der Waals surface area contributed by atoms with Gasteiger partial charge < -0.3 is 0 Å². The van der Waals surface area contributed by atoms with Gasteiger partial charge in [0.05, 0.1) is 5.75 Å². The fourth-order valence-corrected chi connectivity index (χ4v) is 2.20. The fourth-order valence-electron chi connectivity index (χ4n) is 0.666. The fraction of sp³-hybridized carbons (Fsp3) is 0.375. The van der Waals surface area contributed by atoms with Crippen molar-refractivity contribution in [1.82, 2.24) is 4.98 Å². The predicted octanol–water partition coefficient (Wildman–Crippen LogP) is 2.32. The Morgan fingerprint density at radius 2 is 2.64 bits per heavy atom. The Balaban J connectivity index is 2.34. The number of thiazole rings is 1. The van der Waals surface area contributed by atoms with Gasteiger partial charge >= 0.3 is 0 Å². The number of thioether (sulfide) groups is 1. The average molecular weight is 183 g/mol. The van der Waals surface area contributed by atoms with Gasteiger partial charge in [-0.3, -0.25) is 0 Å². The molecule has 58 valence electrons. The molecule has 0 atom stereocenters. The molecule has 0 aliphatic carbocycles. The van der Waals surface area contributed by atoms with Gasteiger partial charge in [-0.15, -0.1) is 29.5 Å². The van der Waals surface area contributed by atoms with E-state index in [0.29, 0.717) is 0 Å². The number of nitrogens with zero attached hydrogens (tertiary/aromatic N) is 1. The van der Waals surface area contributed by atoms with Gasteiger partial charge in [0.25, 0.3) is 0 Å².